The monoisotopic (exact) mass is 429 g/mol. The van der Waals surface area contributed by atoms with Gasteiger partial charge in [0, 0.05) is 31.7 Å². The Hall–Kier alpha value is -2.22. The lowest BCUT2D eigenvalue weighted by Gasteiger charge is -2.31. The zero-order chi connectivity index (χ0) is 22.1. The first-order chi connectivity index (χ1) is 14.1. The maximum Gasteiger partial charge on any atom is 0.251 e. The number of hydrogen-bond donors (Lipinski definition) is 1. The zero-order valence-corrected chi connectivity index (χ0v) is 19.2. The van der Waals surface area contributed by atoms with Gasteiger partial charge in [-0.3, -0.25) is 4.79 Å². The molecule has 1 atom stereocenters. The van der Waals surface area contributed by atoms with Crippen LogP contribution in [0, 0.1) is 20.8 Å². The highest BCUT2D eigenvalue weighted by atomic mass is 32.2. The third kappa shape index (κ3) is 4.74. The number of likely N-dealkylation sites (N-methyl/N-ethyl adjacent to an activating group) is 1. The standard InChI is InChI=1S/C23H31N3O3S/c1-16-13-18(3)22(14-17(16)2)19(4)24-23(27)20-7-6-8-21(15-20)30(28,29)26-11-9-25(5)10-12-26/h6-8,13-15,19H,9-12H2,1-5H3,(H,24,27). The fourth-order valence-electron chi connectivity index (χ4n) is 3.78. The molecule has 1 aliphatic rings. The fraction of sp³-hybridized carbons (Fsp3) is 0.435. The predicted octanol–water partition coefficient (Wildman–Crippen LogP) is 3.04. The third-order valence-corrected chi connectivity index (χ3v) is 7.79. The topological polar surface area (TPSA) is 69.7 Å². The van der Waals surface area contributed by atoms with Crippen molar-refractivity contribution in [2.75, 3.05) is 33.2 Å². The van der Waals surface area contributed by atoms with Crippen LogP contribution in [0.5, 0.6) is 0 Å². The number of carbonyl (C=O) groups is 1. The lowest BCUT2D eigenvalue weighted by atomic mass is 9.96. The molecular weight excluding hydrogens is 398 g/mol. The Labute approximate surface area is 179 Å². The van der Waals surface area contributed by atoms with E-state index in [-0.39, 0.29) is 16.8 Å². The van der Waals surface area contributed by atoms with Crippen molar-refractivity contribution in [2.24, 2.45) is 0 Å². The van der Waals surface area contributed by atoms with Crippen molar-refractivity contribution in [1.29, 1.82) is 0 Å². The van der Waals surface area contributed by atoms with Crippen LogP contribution in [-0.4, -0.2) is 56.8 Å². The number of rotatable bonds is 5. The van der Waals surface area contributed by atoms with Gasteiger partial charge in [-0.15, -0.1) is 0 Å². The minimum Gasteiger partial charge on any atom is -0.346 e. The van der Waals surface area contributed by atoms with E-state index >= 15 is 0 Å². The van der Waals surface area contributed by atoms with Gasteiger partial charge in [-0.05, 0) is 75.2 Å². The lowest BCUT2D eigenvalue weighted by Crippen LogP contribution is -2.47. The van der Waals surface area contributed by atoms with Crippen molar-refractivity contribution in [1.82, 2.24) is 14.5 Å². The molecule has 1 heterocycles. The van der Waals surface area contributed by atoms with Gasteiger partial charge in [0.1, 0.15) is 0 Å². The molecule has 0 aliphatic carbocycles. The maximum absolute atomic E-state index is 13.0. The van der Waals surface area contributed by atoms with Gasteiger partial charge in [0.25, 0.3) is 5.91 Å². The lowest BCUT2D eigenvalue weighted by molar-refractivity contribution is 0.0939. The summed E-state index contributed by atoms with van der Waals surface area (Å²) in [6.45, 7) is 10.4. The number of carbonyl (C=O) groups excluding carboxylic acids is 1. The molecule has 1 fully saturated rings. The van der Waals surface area contributed by atoms with Crippen molar-refractivity contribution >= 4 is 15.9 Å². The minimum absolute atomic E-state index is 0.162. The van der Waals surface area contributed by atoms with Crippen LogP contribution in [0.25, 0.3) is 0 Å². The van der Waals surface area contributed by atoms with Crippen molar-refractivity contribution in [3.8, 4) is 0 Å². The Morgan fingerprint density at radius 3 is 2.27 bits per heavy atom. The second-order valence-electron chi connectivity index (χ2n) is 8.22. The van der Waals surface area contributed by atoms with Crippen molar-refractivity contribution in [3.05, 3.63) is 64.2 Å². The average Bonchev–Trinajstić information content (AvgIpc) is 2.71. The summed E-state index contributed by atoms with van der Waals surface area (Å²) in [5.41, 5.74) is 4.93. The normalized spacial score (nSPS) is 17.0. The highest BCUT2D eigenvalue weighted by molar-refractivity contribution is 7.89. The fourth-order valence-corrected chi connectivity index (χ4v) is 5.25. The summed E-state index contributed by atoms with van der Waals surface area (Å²) in [7, 11) is -1.63. The van der Waals surface area contributed by atoms with Crippen LogP contribution in [0.4, 0.5) is 0 Å². The van der Waals surface area contributed by atoms with Gasteiger partial charge >= 0.3 is 0 Å². The quantitative estimate of drug-likeness (QED) is 0.793. The van der Waals surface area contributed by atoms with Gasteiger partial charge in [0.2, 0.25) is 10.0 Å². The molecule has 3 rings (SSSR count). The molecule has 30 heavy (non-hydrogen) atoms. The van der Waals surface area contributed by atoms with Crippen molar-refractivity contribution in [2.45, 2.75) is 38.6 Å². The number of amides is 1. The van der Waals surface area contributed by atoms with Gasteiger partial charge in [0.05, 0.1) is 10.9 Å². The minimum atomic E-state index is -3.61. The molecule has 2 aromatic carbocycles. The summed E-state index contributed by atoms with van der Waals surface area (Å²) in [6, 6.07) is 10.3. The summed E-state index contributed by atoms with van der Waals surface area (Å²) in [5, 5.41) is 3.01. The van der Waals surface area contributed by atoms with Gasteiger partial charge in [-0.1, -0.05) is 18.2 Å². The van der Waals surface area contributed by atoms with Crippen LogP contribution in [0.15, 0.2) is 41.3 Å². The van der Waals surface area contributed by atoms with Gasteiger partial charge in [-0.25, -0.2) is 8.42 Å². The number of sulfonamides is 1. The number of hydrogen-bond acceptors (Lipinski definition) is 4. The summed E-state index contributed by atoms with van der Waals surface area (Å²) in [5.74, 6) is -0.282. The summed E-state index contributed by atoms with van der Waals surface area (Å²) in [4.78, 5) is 15.1. The average molecular weight is 430 g/mol. The second kappa shape index (κ2) is 8.88. The van der Waals surface area contributed by atoms with Gasteiger partial charge in [0.15, 0.2) is 0 Å². The third-order valence-electron chi connectivity index (χ3n) is 5.89. The molecule has 7 heteroatoms. The highest BCUT2D eigenvalue weighted by Gasteiger charge is 2.28. The molecule has 0 aromatic heterocycles. The Morgan fingerprint density at radius 2 is 1.60 bits per heavy atom. The highest BCUT2D eigenvalue weighted by Crippen LogP contribution is 2.23. The van der Waals surface area contributed by atoms with E-state index in [1.807, 2.05) is 20.9 Å². The van der Waals surface area contributed by atoms with Crippen molar-refractivity contribution in [3.63, 3.8) is 0 Å². The summed E-state index contributed by atoms with van der Waals surface area (Å²) < 4.78 is 27.5. The number of nitrogens with one attached hydrogen (secondary N) is 1. The van der Waals surface area contributed by atoms with E-state index in [4.69, 9.17) is 0 Å². The van der Waals surface area contributed by atoms with E-state index in [0.717, 1.165) is 11.1 Å². The molecule has 0 saturated carbocycles. The number of piperazine rings is 1. The van der Waals surface area contributed by atoms with Crippen LogP contribution < -0.4 is 5.32 Å². The summed E-state index contributed by atoms with van der Waals surface area (Å²) in [6.07, 6.45) is 0. The van der Waals surface area contributed by atoms with E-state index in [9.17, 15) is 13.2 Å². The van der Waals surface area contributed by atoms with E-state index in [2.05, 4.69) is 36.2 Å². The SMILES string of the molecule is Cc1cc(C)c(C(C)NC(=O)c2cccc(S(=O)(=O)N3CCN(C)CC3)c2)cc1C. The molecular formula is C23H31N3O3S. The van der Waals surface area contributed by atoms with Crippen LogP contribution in [0.3, 0.4) is 0 Å². The molecule has 0 spiro atoms. The van der Waals surface area contributed by atoms with Gasteiger partial charge in [-0.2, -0.15) is 4.31 Å². The first-order valence-corrected chi connectivity index (χ1v) is 11.7. The molecule has 6 nitrogen and oxygen atoms in total. The molecule has 1 aliphatic heterocycles. The number of benzene rings is 2. The molecule has 162 valence electrons. The molecule has 2 aromatic rings. The Morgan fingerprint density at radius 1 is 0.967 bits per heavy atom. The van der Waals surface area contributed by atoms with Crippen LogP contribution in [-0.2, 0) is 10.0 Å². The van der Waals surface area contributed by atoms with E-state index in [1.54, 1.807) is 18.2 Å². The van der Waals surface area contributed by atoms with E-state index in [1.165, 1.54) is 21.5 Å². The van der Waals surface area contributed by atoms with Crippen LogP contribution >= 0.6 is 0 Å². The largest absolute Gasteiger partial charge is 0.346 e. The number of nitrogens with zero attached hydrogens (tertiary/aromatic N) is 2. The molecule has 0 radical (unpaired) electrons. The first kappa shape index (κ1) is 22.5. The summed E-state index contributed by atoms with van der Waals surface area (Å²) >= 11 is 0. The first-order valence-electron chi connectivity index (χ1n) is 10.3. The molecule has 1 unspecified atom stereocenters. The van der Waals surface area contributed by atoms with Crippen molar-refractivity contribution < 1.29 is 13.2 Å². The van der Waals surface area contributed by atoms with E-state index < -0.39 is 10.0 Å². The molecule has 1 amide bonds. The van der Waals surface area contributed by atoms with Crippen LogP contribution in [0.2, 0.25) is 0 Å². The van der Waals surface area contributed by atoms with E-state index in [0.29, 0.717) is 31.7 Å². The Balaban J connectivity index is 1.78. The Kier molecular flexibility index (Phi) is 6.65. The number of aryl methyl sites for hydroxylation is 3. The zero-order valence-electron chi connectivity index (χ0n) is 18.4. The molecule has 0 bridgehead atoms. The molecule has 1 N–H and O–H groups in total. The maximum atomic E-state index is 13.0. The second-order valence-corrected chi connectivity index (χ2v) is 10.2. The Bertz CT molecular complexity index is 1040. The predicted molar refractivity (Wildman–Crippen MR) is 119 cm³/mol. The molecule has 1 saturated heterocycles. The van der Waals surface area contributed by atoms with Crippen LogP contribution in [0.1, 0.15) is 45.6 Å². The van der Waals surface area contributed by atoms with Gasteiger partial charge < -0.3 is 10.2 Å². The smallest absolute Gasteiger partial charge is 0.251 e.